The van der Waals surface area contributed by atoms with Crippen LogP contribution in [0.1, 0.15) is 0 Å². The van der Waals surface area contributed by atoms with Crippen LogP contribution in [0.5, 0.6) is 0 Å². The summed E-state index contributed by atoms with van der Waals surface area (Å²) in [5.41, 5.74) is 3.56. The number of benzene rings is 2. The molecule has 2 aromatic carbocycles. The molecule has 2 N–H and O–H groups in total. The summed E-state index contributed by atoms with van der Waals surface area (Å²) in [7, 11) is 0. The third-order valence-corrected chi connectivity index (χ3v) is 4.67. The highest BCUT2D eigenvalue weighted by Gasteiger charge is 2.10. The van der Waals surface area contributed by atoms with Crippen molar-refractivity contribution in [2.75, 3.05) is 5.32 Å². The van der Waals surface area contributed by atoms with Gasteiger partial charge in [0.1, 0.15) is 17.8 Å². The summed E-state index contributed by atoms with van der Waals surface area (Å²) in [5.74, 6) is 0.683. The summed E-state index contributed by atoms with van der Waals surface area (Å²) in [6.07, 6.45) is 1.51. The molecule has 0 atom stereocenters. The Morgan fingerprint density at radius 2 is 1.64 bits per heavy atom. The summed E-state index contributed by atoms with van der Waals surface area (Å²) >= 11 is 15.6. The van der Waals surface area contributed by atoms with Crippen molar-refractivity contribution in [2.45, 2.75) is 0 Å². The van der Waals surface area contributed by atoms with Crippen LogP contribution in [-0.2, 0) is 0 Å². The van der Waals surface area contributed by atoms with Gasteiger partial charge in [-0.05, 0) is 42.0 Å². The number of anilines is 2. The normalized spacial score (nSPS) is 11.0. The first kappa shape index (κ1) is 16.4. The van der Waals surface area contributed by atoms with Gasteiger partial charge in [0.2, 0.25) is 0 Å². The molecule has 0 aliphatic heterocycles. The van der Waals surface area contributed by atoms with Gasteiger partial charge in [0.05, 0.1) is 5.39 Å². The number of nitrogens with zero attached hydrogens (tertiary/aromatic N) is 2. The van der Waals surface area contributed by atoms with E-state index in [1.807, 2.05) is 30.3 Å². The molecule has 0 amide bonds. The summed E-state index contributed by atoms with van der Waals surface area (Å²) in [4.78, 5) is 12.0. The molecule has 4 nitrogen and oxygen atoms in total. The van der Waals surface area contributed by atoms with Crippen LogP contribution in [0.15, 0.2) is 59.3 Å². The number of nitrogens with one attached hydrogen (secondary N) is 2. The maximum atomic E-state index is 6.06. The first-order chi connectivity index (χ1) is 12.1. The van der Waals surface area contributed by atoms with Crippen molar-refractivity contribution < 1.29 is 0 Å². The standard InChI is InChI=1S/C18H11BrCl2N4/c19-11-3-1-10(2-4-11)16-8-15-17(22-9-23-18(15)25-16)24-14-6-12(20)5-13(21)7-14/h1-9H,(H2,22,23,24,25). The predicted molar refractivity (Wildman–Crippen MR) is 107 cm³/mol. The van der Waals surface area contributed by atoms with Gasteiger partial charge < -0.3 is 10.3 Å². The quantitative estimate of drug-likeness (QED) is 0.391. The van der Waals surface area contributed by atoms with E-state index >= 15 is 0 Å². The van der Waals surface area contributed by atoms with Gasteiger partial charge in [0, 0.05) is 25.9 Å². The molecule has 7 heteroatoms. The highest BCUT2D eigenvalue weighted by Crippen LogP contribution is 2.30. The van der Waals surface area contributed by atoms with Crippen LogP contribution in [0, 0.1) is 0 Å². The van der Waals surface area contributed by atoms with E-state index in [-0.39, 0.29) is 0 Å². The molecule has 0 unspecified atom stereocenters. The van der Waals surface area contributed by atoms with Crippen LogP contribution in [-0.4, -0.2) is 15.0 Å². The average molecular weight is 434 g/mol. The second-order valence-electron chi connectivity index (χ2n) is 5.46. The maximum absolute atomic E-state index is 6.06. The molecule has 0 aliphatic rings. The first-order valence-corrected chi connectivity index (χ1v) is 8.96. The molecule has 124 valence electrons. The third kappa shape index (κ3) is 3.49. The fourth-order valence-electron chi connectivity index (χ4n) is 2.59. The van der Waals surface area contributed by atoms with Gasteiger partial charge in [-0.25, -0.2) is 9.97 Å². The molecule has 2 heterocycles. The Hall–Kier alpha value is -2.08. The van der Waals surface area contributed by atoms with E-state index in [0.29, 0.717) is 15.9 Å². The van der Waals surface area contributed by atoms with Crippen LogP contribution >= 0.6 is 39.1 Å². The highest BCUT2D eigenvalue weighted by molar-refractivity contribution is 9.10. The smallest absolute Gasteiger partial charge is 0.143 e. The van der Waals surface area contributed by atoms with Crippen molar-refractivity contribution in [3.63, 3.8) is 0 Å². The van der Waals surface area contributed by atoms with Crippen molar-refractivity contribution in [2.24, 2.45) is 0 Å². The van der Waals surface area contributed by atoms with Crippen LogP contribution in [0.4, 0.5) is 11.5 Å². The molecule has 0 saturated heterocycles. The van der Waals surface area contributed by atoms with Crippen molar-refractivity contribution in [3.05, 3.63) is 69.4 Å². The summed E-state index contributed by atoms with van der Waals surface area (Å²) in [6, 6.07) is 15.4. The van der Waals surface area contributed by atoms with Gasteiger partial charge in [-0.3, -0.25) is 0 Å². The van der Waals surface area contributed by atoms with Crippen LogP contribution in [0.2, 0.25) is 10.0 Å². The Bertz CT molecular complexity index is 1040. The van der Waals surface area contributed by atoms with E-state index in [4.69, 9.17) is 23.2 Å². The van der Waals surface area contributed by atoms with Crippen LogP contribution < -0.4 is 5.32 Å². The van der Waals surface area contributed by atoms with E-state index in [1.54, 1.807) is 18.2 Å². The molecule has 4 aromatic rings. The van der Waals surface area contributed by atoms with E-state index in [0.717, 1.165) is 32.5 Å². The average Bonchev–Trinajstić information content (AvgIpc) is 3.00. The van der Waals surface area contributed by atoms with Crippen molar-refractivity contribution in [3.8, 4) is 11.3 Å². The number of H-pyrrole nitrogens is 1. The molecule has 4 rings (SSSR count). The number of aromatic amines is 1. The number of hydrogen-bond acceptors (Lipinski definition) is 3. The molecule has 0 aliphatic carbocycles. The molecule has 0 fully saturated rings. The topological polar surface area (TPSA) is 53.6 Å². The van der Waals surface area contributed by atoms with E-state index in [1.165, 1.54) is 6.33 Å². The Morgan fingerprint density at radius 1 is 0.920 bits per heavy atom. The predicted octanol–water partition coefficient (Wildman–Crippen LogP) is 6.44. The molecule has 0 radical (unpaired) electrons. The number of rotatable bonds is 3. The molecular formula is C18H11BrCl2N4. The lowest BCUT2D eigenvalue weighted by Crippen LogP contribution is -1.95. The number of fused-ring (bicyclic) bond motifs is 1. The lowest BCUT2D eigenvalue weighted by molar-refractivity contribution is 1.20. The summed E-state index contributed by atoms with van der Waals surface area (Å²) in [5, 5.41) is 5.26. The van der Waals surface area contributed by atoms with Gasteiger partial charge in [0.15, 0.2) is 0 Å². The maximum Gasteiger partial charge on any atom is 0.143 e. The van der Waals surface area contributed by atoms with E-state index < -0.39 is 0 Å². The van der Waals surface area contributed by atoms with Gasteiger partial charge in [0.25, 0.3) is 0 Å². The zero-order chi connectivity index (χ0) is 17.4. The van der Waals surface area contributed by atoms with Crippen molar-refractivity contribution in [1.82, 2.24) is 15.0 Å². The molecule has 0 saturated carbocycles. The van der Waals surface area contributed by atoms with Gasteiger partial charge in [-0.15, -0.1) is 0 Å². The second-order valence-corrected chi connectivity index (χ2v) is 7.25. The first-order valence-electron chi connectivity index (χ1n) is 7.41. The van der Waals surface area contributed by atoms with Gasteiger partial charge in [-0.2, -0.15) is 0 Å². The monoisotopic (exact) mass is 432 g/mol. The van der Waals surface area contributed by atoms with Crippen molar-refractivity contribution >= 4 is 61.7 Å². The fourth-order valence-corrected chi connectivity index (χ4v) is 3.38. The Kier molecular flexibility index (Phi) is 4.37. The minimum atomic E-state index is 0.560. The zero-order valence-electron chi connectivity index (χ0n) is 12.7. The van der Waals surface area contributed by atoms with E-state index in [9.17, 15) is 0 Å². The summed E-state index contributed by atoms with van der Waals surface area (Å²) in [6.45, 7) is 0. The van der Waals surface area contributed by atoms with Gasteiger partial charge >= 0.3 is 0 Å². The lowest BCUT2D eigenvalue weighted by Gasteiger charge is -2.07. The minimum Gasteiger partial charge on any atom is -0.339 e. The molecule has 2 aromatic heterocycles. The number of halogens is 3. The molecular weight excluding hydrogens is 423 g/mol. The largest absolute Gasteiger partial charge is 0.339 e. The Labute approximate surface area is 162 Å². The zero-order valence-corrected chi connectivity index (χ0v) is 15.8. The lowest BCUT2D eigenvalue weighted by atomic mass is 10.1. The number of aromatic nitrogens is 3. The van der Waals surface area contributed by atoms with Crippen LogP contribution in [0.3, 0.4) is 0 Å². The molecule has 0 spiro atoms. The minimum absolute atomic E-state index is 0.560. The molecule has 25 heavy (non-hydrogen) atoms. The van der Waals surface area contributed by atoms with Crippen LogP contribution in [0.25, 0.3) is 22.3 Å². The summed E-state index contributed by atoms with van der Waals surface area (Å²) < 4.78 is 1.03. The third-order valence-electron chi connectivity index (χ3n) is 3.71. The Balaban J connectivity index is 1.76. The van der Waals surface area contributed by atoms with Gasteiger partial charge in [-0.1, -0.05) is 51.3 Å². The number of hydrogen-bond donors (Lipinski definition) is 2. The second kappa shape index (κ2) is 6.67. The Morgan fingerprint density at radius 3 is 2.36 bits per heavy atom. The van der Waals surface area contributed by atoms with Crippen molar-refractivity contribution in [1.29, 1.82) is 0 Å². The molecule has 0 bridgehead atoms. The van der Waals surface area contributed by atoms with E-state index in [2.05, 4.69) is 36.2 Å². The SMILES string of the molecule is Clc1cc(Cl)cc(Nc2ncnc3[nH]c(-c4ccc(Br)cc4)cc23)c1. The fraction of sp³-hybridized carbons (Fsp3) is 0. The highest BCUT2D eigenvalue weighted by atomic mass is 79.9.